The van der Waals surface area contributed by atoms with Crippen LogP contribution >= 0.6 is 11.7 Å². The number of benzene rings is 2. The van der Waals surface area contributed by atoms with Crippen LogP contribution in [0.4, 0.5) is 5.69 Å². The highest BCUT2D eigenvalue weighted by Gasteiger charge is 2.21. The third-order valence-electron chi connectivity index (χ3n) is 5.43. The van der Waals surface area contributed by atoms with E-state index in [4.69, 9.17) is 0 Å². The molecule has 0 spiro atoms. The van der Waals surface area contributed by atoms with E-state index in [1.807, 2.05) is 18.2 Å². The minimum atomic E-state index is -3.60. The van der Waals surface area contributed by atoms with Gasteiger partial charge in [-0.3, -0.25) is 9.69 Å². The Balaban J connectivity index is 1.19. The van der Waals surface area contributed by atoms with Crippen LogP contribution in [0.5, 0.6) is 0 Å². The van der Waals surface area contributed by atoms with Crippen molar-refractivity contribution >= 4 is 44.2 Å². The molecule has 1 aliphatic rings. The van der Waals surface area contributed by atoms with Gasteiger partial charge in [0.25, 0.3) is 0 Å². The Morgan fingerprint density at radius 2 is 1.77 bits per heavy atom. The van der Waals surface area contributed by atoms with Crippen molar-refractivity contribution in [2.75, 3.05) is 49.9 Å². The van der Waals surface area contributed by atoms with Gasteiger partial charge in [0.15, 0.2) is 9.84 Å². The Hall–Kier alpha value is -2.56. The number of anilines is 1. The lowest BCUT2D eigenvalue weighted by Crippen LogP contribution is -2.48. The van der Waals surface area contributed by atoms with Crippen molar-refractivity contribution in [2.24, 2.45) is 0 Å². The average molecular weight is 460 g/mol. The standard InChI is InChI=1S/C21H25N5O3S2/c27-20(9-16-31(28,29)19-8-4-7-18-21(19)24-30-23-18)22-10-11-25-12-14-26(15-13-25)17-5-2-1-3-6-17/h1-8H,9-16H2,(H,22,27). The number of hydrogen-bond acceptors (Lipinski definition) is 8. The van der Waals surface area contributed by atoms with E-state index < -0.39 is 9.84 Å². The van der Waals surface area contributed by atoms with Crippen LogP contribution in [0, 0.1) is 0 Å². The van der Waals surface area contributed by atoms with Crippen molar-refractivity contribution in [3.8, 4) is 0 Å². The number of amides is 1. The third-order valence-corrected chi connectivity index (χ3v) is 7.71. The van der Waals surface area contributed by atoms with Gasteiger partial charge in [-0.15, -0.1) is 0 Å². The topological polar surface area (TPSA) is 95.5 Å². The van der Waals surface area contributed by atoms with E-state index in [1.54, 1.807) is 12.1 Å². The summed E-state index contributed by atoms with van der Waals surface area (Å²) in [5.74, 6) is -0.499. The Kier molecular flexibility index (Phi) is 6.79. The van der Waals surface area contributed by atoms with Crippen molar-refractivity contribution in [1.29, 1.82) is 0 Å². The van der Waals surface area contributed by atoms with E-state index in [0.29, 0.717) is 17.6 Å². The highest BCUT2D eigenvalue weighted by Crippen LogP contribution is 2.22. The molecule has 1 saturated heterocycles. The normalized spacial score (nSPS) is 15.3. The van der Waals surface area contributed by atoms with E-state index in [-0.39, 0.29) is 23.0 Å². The van der Waals surface area contributed by atoms with Crippen LogP contribution in [0.25, 0.3) is 11.0 Å². The molecule has 10 heteroatoms. The van der Waals surface area contributed by atoms with E-state index in [9.17, 15) is 13.2 Å². The maximum Gasteiger partial charge on any atom is 0.221 e. The van der Waals surface area contributed by atoms with Gasteiger partial charge in [-0.25, -0.2) is 8.42 Å². The maximum atomic E-state index is 12.7. The summed E-state index contributed by atoms with van der Waals surface area (Å²) in [5, 5.41) is 2.84. The van der Waals surface area contributed by atoms with Crippen LogP contribution in [-0.2, 0) is 14.6 Å². The van der Waals surface area contributed by atoms with Crippen molar-refractivity contribution in [1.82, 2.24) is 19.0 Å². The predicted octanol–water partition coefficient (Wildman–Crippen LogP) is 1.79. The number of rotatable bonds is 8. The zero-order chi connectivity index (χ0) is 21.7. The van der Waals surface area contributed by atoms with Crippen LogP contribution in [0.3, 0.4) is 0 Å². The number of nitrogens with zero attached hydrogens (tertiary/aromatic N) is 4. The van der Waals surface area contributed by atoms with Gasteiger partial charge < -0.3 is 10.2 Å². The fraction of sp³-hybridized carbons (Fsp3) is 0.381. The smallest absolute Gasteiger partial charge is 0.221 e. The van der Waals surface area contributed by atoms with Crippen molar-refractivity contribution in [3.63, 3.8) is 0 Å². The number of nitrogens with one attached hydrogen (secondary N) is 1. The average Bonchev–Trinajstić information content (AvgIpc) is 3.28. The van der Waals surface area contributed by atoms with Crippen molar-refractivity contribution in [2.45, 2.75) is 11.3 Å². The summed E-state index contributed by atoms with van der Waals surface area (Å²) >= 11 is 0.980. The SMILES string of the molecule is O=C(CCS(=O)(=O)c1cccc2nsnc12)NCCN1CCN(c2ccccc2)CC1. The van der Waals surface area contributed by atoms with Gasteiger partial charge >= 0.3 is 0 Å². The summed E-state index contributed by atoms with van der Waals surface area (Å²) in [6.07, 6.45) is -0.0714. The Morgan fingerprint density at radius 3 is 2.55 bits per heavy atom. The summed E-state index contributed by atoms with van der Waals surface area (Å²) in [4.78, 5) is 17.0. The first-order valence-electron chi connectivity index (χ1n) is 10.3. The molecule has 1 N–H and O–H groups in total. The zero-order valence-electron chi connectivity index (χ0n) is 17.1. The Labute approximate surface area is 186 Å². The molecule has 1 amide bonds. The van der Waals surface area contributed by atoms with Crippen LogP contribution in [-0.4, -0.2) is 73.0 Å². The van der Waals surface area contributed by atoms with Crippen LogP contribution in [0.1, 0.15) is 6.42 Å². The quantitative estimate of drug-likeness (QED) is 0.549. The Bertz CT molecular complexity index is 1130. The van der Waals surface area contributed by atoms with Crippen LogP contribution in [0.2, 0.25) is 0 Å². The number of carbonyl (C=O) groups excluding carboxylic acids is 1. The molecule has 164 valence electrons. The molecule has 1 aliphatic heterocycles. The monoisotopic (exact) mass is 459 g/mol. The molecule has 31 heavy (non-hydrogen) atoms. The van der Waals surface area contributed by atoms with Gasteiger partial charge in [-0.1, -0.05) is 24.3 Å². The van der Waals surface area contributed by atoms with E-state index >= 15 is 0 Å². The number of fused-ring (bicyclic) bond motifs is 1. The lowest BCUT2D eigenvalue weighted by atomic mass is 10.2. The van der Waals surface area contributed by atoms with Gasteiger partial charge in [0, 0.05) is 51.4 Å². The minimum Gasteiger partial charge on any atom is -0.369 e. The molecule has 0 unspecified atom stereocenters. The molecule has 0 atom stereocenters. The molecule has 3 aromatic rings. The van der Waals surface area contributed by atoms with Gasteiger partial charge in [0.2, 0.25) is 5.91 Å². The lowest BCUT2D eigenvalue weighted by Gasteiger charge is -2.36. The number of carbonyl (C=O) groups is 1. The highest BCUT2D eigenvalue weighted by molar-refractivity contribution is 7.91. The molecular weight excluding hydrogens is 434 g/mol. The summed E-state index contributed by atoms with van der Waals surface area (Å²) in [6.45, 7) is 5.04. The Morgan fingerprint density at radius 1 is 1.00 bits per heavy atom. The second-order valence-corrected chi connectivity index (χ2v) is 10.1. The van der Waals surface area contributed by atoms with Crippen LogP contribution in [0.15, 0.2) is 53.4 Å². The molecule has 2 aromatic carbocycles. The first-order valence-corrected chi connectivity index (χ1v) is 12.6. The molecule has 8 nitrogen and oxygen atoms in total. The second kappa shape index (κ2) is 9.71. The van der Waals surface area contributed by atoms with Gasteiger partial charge in [0.1, 0.15) is 11.0 Å². The summed E-state index contributed by atoms with van der Waals surface area (Å²) in [5.41, 5.74) is 2.17. The lowest BCUT2D eigenvalue weighted by molar-refractivity contribution is -0.120. The molecule has 1 aromatic heterocycles. The molecule has 0 bridgehead atoms. The third kappa shape index (κ3) is 5.38. The summed E-state index contributed by atoms with van der Waals surface area (Å²) in [7, 11) is -3.60. The molecular formula is C21H25N5O3S2. The van der Waals surface area contributed by atoms with E-state index in [0.717, 1.165) is 44.5 Å². The first-order chi connectivity index (χ1) is 15.0. The first kappa shape index (κ1) is 21.7. The number of hydrogen-bond donors (Lipinski definition) is 1. The number of aromatic nitrogens is 2. The number of sulfone groups is 1. The number of piperazine rings is 1. The van der Waals surface area contributed by atoms with E-state index in [1.165, 1.54) is 11.8 Å². The van der Waals surface area contributed by atoms with Gasteiger partial charge in [0.05, 0.1) is 22.4 Å². The highest BCUT2D eigenvalue weighted by atomic mass is 32.2. The van der Waals surface area contributed by atoms with Crippen LogP contribution < -0.4 is 10.2 Å². The molecule has 0 aliphatic carbocycles. The minimum absolute atomic E-state index is 0.0714. The predicted molar refractivity (Wildman–Crippen MR) is 122 cm³/mol. The zero-order valence-corrected chi connectivity index (χ0v) is 18.7. The molecule has 0 radical (unpaired) electrons. The van der Waals surface area contributed by atoms with Gasteiger partial charge in [-0.2, -0.15) is 8.75 Å². The molecule has 0 saturated carbocycles. The molecule has 1 fully saturated rings. The van der Waals surface area contributed by atoms with Crippen molar-refractivity contribution < 1.29 is 13.2 Å². The molecule has 2 heterocycles. The summed E-state index contributed by atoms with van der Waals surface area (Å²) in [6, 6.07) is 15.2. The fourth-order valence-electron chi connectivity index (χ4n) is 3.68. The van der Waals surface area contributed by atoms with Gasteiger partial charge in [-0.05, 0) is 24.3 Å². The summed E-state index contributed by atoms with van der Waals surface area (Å²) < 4.78 is 33.5. The fourth-order valence-corrected chi connectivity index (χ4v) is 5.69. The largest absolute Gasteiger partial charge is 0.369 e. The van der Waals surface area contributed by atoms with Crippen molar-refractivity contribution in [3.05, 3.63) is 48.5 Å². The second-order valence-electron chi connectivity index (χ2n) is 7.47. The molecule has 4 rings (SSSR count). The number of para-hydroxylation sites is 1. The van der Waals surface area contributed by atoms with E-state index in [2.05, 4.69) is 36.0 Å². The maximum absolute atomic E-state index is 12.7.